The van der Waals surface area contributed by atoms with Crippen LogP contribution in [-0.2, 0) is 6.42 Å². The highest BCUT2D eigenvalue weighted by Gasteiger charge is 2.32. The number of amides is 1. The monoisotopic (exact) mass is 335 g/mol. The van der Waals surface area contributed by atoms with E-state index in [-0.39, 0.29) is 11.3 Å². The average molecular weight is 335 g/mol. The molecule has 0 saturated carbocycles. The zero-order chi connectivity index (χ0) is 17.4. The Morgan fingerprint density at radius 3 is 2.80 bits per heavy atom. The first kappa shape index (κ1) is 16.1. The van der Waals surface area contributed by atoms with Gasteiger partial charge >= 0.3 is 0 Å². The molecule has 1 amide bonds. The van der Waals surface area contributed by atoms with Gasteiger partial charge in [0.15, 0.2) is 0 Å². The minimum atomic E-state index is 0.0661. The first-order valence-corrected chi connectivity index (χ1v) is 9.15. The molecule has 3 heterocycles. The molecular weight excluding hydrogens is 310 g/mol. The third-order valence-electron chi connectivity index (χ3n) is 5.35. The molecule has 0 bridgehead atoms. The second kappa shape index (κ2) is 6.17. The fraction of sp³-hybridized carbons (Fsp3) is 0.429. The molecular formula is C21H25N3O. The standard InChI is InChI=1S/C21H25N3O/c1-21(2)11-6-13-23(15-21)19-17(8-5-12-22-19)20(25)24-14-10-16-7-3-4-9-18(16)24/h3-5,7-9,12H,6,10-11,13-15H2,1-2H3. The van der Waals surface area contributed by atoms with Crippen molar-refractivity contribution in [3.8, 4) is 0 Å². The second-order valence-corrected chi connectivity index (χ2v) is 7.90. The number of carbonyl (C=O) groups excluding carboxylic acids is 1. The van der Waals surface area contributed by atoms with Gasteiger partial charge in [-0.15, -0.1) is 0 Å². The predicted molar refractivity (Wildman–Crippen MR) is 101 cm³/mol. The summed E-state index contributed by atoms with van der Waals surface area (Å²) in [5.41, 5.74) is 3.27. The topological polar surface area (TPSA) is 36.4 Å². The third kappa shape index (κ3) is 3.01. The van der Waals surface area contributed by atoms with Crippen molar-refractivity contribution in [2.24, 2.45) is 5.41 Å². The number of benzene rings is 1. The van der Waals surface area contributed by atoms with E-state index >= 15 is 0 Å². The summed E-state index contributed by atoms with van der Waals surface area (Å²) in [6.45, 7) is 7.25. The summed E-state index contributed by atoms with van der Waals surface area (Å²) in [4.78, 5) is 22.1. The number of rotatable bonds is 2. The van der Waals surface area contributed by atoms with Gasteiger partial charge < -0.3 is 9.80 Å². The van der Waals surface area contributed by atoms with Gasteiger partial charge in [-0.2, -0.15) is 0 Å². The van der Waals surface area contributed by atoms with Crippen LogP contribution in [0.2, 0.25) is 0 Å². The van der Waals surface area contributed by atoms with Crippen LogP contribution < -0.4 is 9.80 Å². The number of anilines is 2. The molecule has 0 aliphatic carbocycles. The first-order valence-electron chi connectivity index (χ1n) is 9.15. The maximum absolute atomic E-state index is 13.3. The molecule has 1 aromatic heterocycles. The van der Waals surface area contributed by atoms with E-state index in [1.807, 2.05) is 35.2 Å². The van der Waals surface area contributed by atoms with Crippen LogP contribution in [0.1, 0.15) is 42.6 Å². The third-order valence-corrected chi connectivity index (χ3v) is 5.35. The maximum Gasteiger partial charge on any atom is 0.262 e. The highest BCUT2D eigenvalue weighted by molar-refractivity contribution is 6.10. The zero-order valence-corrected chi connectivity index (χ0v) is 15.0. The average Bonchev–Trinajstić information content (AvgIpc) is 3.04. The number of aromatic nitrogens is 1. The first-order chi connectivity index (χ1) is 12.1. The van der Waals surface area contributed by atoms with Crippen LogP contribution in [0.4, 0.5) is 11.5 Å². The quantitative estimate of drug-likeness (QED) is 0.835. The molecule has 1 saturated heterocycles. The fourth-order valence-corrected chi connectivity index (χ4v) is 4.11. The lowest BCUT2D eigenvalue weighted by Gasteiger charge is -2.39. The normalized spacial score (nSPS) is 19.0. The Hall–Kier alpha value is -2.36. The van der Waals surface area contributed by atoms with Crippen LogP contribution in [0.3, 0.4) is 0 Å². The zero-order valence-electron chi connectivity index (χ0n) is 15.0. The molecule has 2 aromatic rings. The van der Waals surface area contributed by atoms with E-state index in [4.69, 9.17) is 0 Å². The van der Waals surface area contributed by atoms with Crippen molar-refractivity contribution in [2.45, 2.75) is 33.1 Å². The summed E-state index contributed by atoms with van der Waals surface area (Å²) < 4.78 is 0. The van der Waals surface area contributed by atoms with E-state index in [2.05, 4.69) is 29.8 Å². The minimum absolute atomic E-state index is 0.0661. The van der Waals surface area contributed by atoms with Gasteiger partial charge in [-0.25, -0.2) is 4.98 Å². The Kier molecular flexibility index (Phi) is 3.98. The van der Waals surface area contributed by atoms with Crippen molar-refractivity contribution >= 4 is 17.4 Å². The van der Waals surface area contributed by atoms with Crippen molar-refractivity contribution in [1.82, 2.24) is 4.98 Å². The molecule has 1 aromatic carbocycles. The summed E-state index contributed by atoms with van der Waals surface area (Å²) in [6.07, 6.45) is 5.09. The predicted octanol–water partition coefficient (Wildman–Crippen LogP) is 3.91. The van der Waals surface area contributed by atoms with Crippen molar-refractivity contribution < 1.29 is 4.79 Å². The van der Waals surface area contributed by atoms with Crippen LogP contribution >= 0.6 is 0 Å². The van der Waals surface area contributed by atoms with Gasteiger partial charge in [-0.1, -0.05) is 32.0 Å². The number of nitrogens with zero attached hydrogens (tertiary/aromatic N) is 3. The van der Waals surface area contributed by atoms with Crippen molar-refractivity contribution in [2.75, 3.05) is 29.4 Å². The van der Waals surface area contributed by atoms with Crippen LogP contribution in [0, 0.1) is 5.41 Å². The summed E-state index contributed by atoms with van der Waals surface area (Å²) in [7, 11) is 0. The number of hydrogen-bond acceptors (Lipinski definition) is 3. The highest BCUT2D eigenvalue weighted by atomic mass is 16.2. The minimum Gasteiger partial charge on any atom is -0.355 e. The second-order valence-electron chi connectivity index (χ2n) is 7.90. The maximum atomic E-state index is 13.3. The number of hydrogen-bond donors (Lipinski definition) is 0. The van der Waals surface area contributed by atoms with E-state index < -0.39 is 0 Å². The van der Waals surface area contributed by atoms with E-state index in [0.717, 1.165) is 49.5 Å². The van der Waals surface area contributed by atoms with Crippen LogP contribution in [-0.4, -0.2) is 30.5 Å². The Morgan fingerprint density at radius 1 is 1.12 bits per heavy atom. The Morgan fingerprint density at radius 2 is 1.96 bits per heavy atom. The van der Waals surface area contributed by atoms with Crippen molar-refractivity contribution in [1.29, 1.82) is 0 Å². The summed E-state index contributed by atoms with van der Waals surface area (Å²) >= 11 is 0. The SMILES string of the molecule is CC1(C)CCCN(c2ncccc2C(=O)N2CCc3ccccc32)C1. The van der Waals surface area contributed by atoms with E-state index in [0.29, 0.717) is 0 Å². The van der Waals surface area contributed by atoms with Gasteiger partial charge in [0.2, 0.25) is 0 Å². The van der Waals surface area contributed by atoms with Gasteiger partial charge in [-0.3, -0.25) is 4.79 Å². The van der Waals surface area contributed by atoms with Crippen molar-refractivity contribution in [3.05, 3.63) is 53.7 Å². The lowest BCUT2D eigenvalue weighted by atomic mass is 9.84. The molecule has 0 unspecified atom stereocenters. The van der Waals surface area contributed by atoms with Gasteiger partial charge in [0.25, 0.3) is 5.91 Å². The summed E-state index contributed by atoms with van der Waals surface area (Å²) in [5, 5.41) is 0. The largest absolute Gasteiger partial charge is 0.355 e. The van der Waals surface area contributed by atoms with Crippen LogP contribution in [0.15, 0.2) is 42.6 Å². The van der Waals surface area contributed by atoms with Gasteiger partial charge in [0, 0.05) is 31.5 Å². The molecule has 4 rings (SSSR count). The molecule has 2 aliphatic rings. The smallest absolute Gasteiger partial charge is 0.262 e. The molecule has 130 valence electrons. The number of piperidine rings is 1. The van der Waals surface area contributed by atoms with Gasteiger partial charge in [0.1, 0.15) is 5.82 Å². The van der Waals surface area contributed by atoms with Gasteiger partial charge in [-0.05, 0) is 48.4 Å². The Labute approximate surface area is 149 Å². The van der Waals surface area contributed by atoms with Gasteiger partial charge in [0.05, 0.1) is 5.56 Å². The van der Waals surface area contributed by atoms with E-state index in [9.17, 15) is 4.79 Å². The summed E-state index contributed by atoms with van der Waals surface area (Å²) in [5.74, 6) is 0.904. The van der Waals surface area contributed by atoms with E-state index in [1.54, 1.807) is 6.20 Å². The lowest BCUT2D eigenvalue weighted by molar-refractivity contribution is 0.0989. The Balaban J connectivity index is 1.67. The van der Waals surface area contributed by atoms with Crippen molar-refractivity contribution in [3.63, 3.8) is 0 Å². The molecule has 4 heteroatoms. The number of fused-ring (bicyclic) bond motifs is 1. The molecule has 0 radical (unpaired) electrons. The van der Waals surface area contributed by atoms with E-state index in [1.165, 1.54) is 12.0 Å². The number of carbonyl (C=O) groups is 1. The molecule has 4 nitrogen and oxygen atoms in total. The number of pyridine rings is 1. The van der Waals surface area contributed by atoms with Crippen LogP contribution in [0.5, 0.6) is 0 Å². The molecule has 2 aliphatic heterocycles. The molecule has 0 spiro atoms. The molecule has 25 heavy (non-hydrogen) atoms. The molecule has 0 N–H and O–H groups in total. The fourth-order valence-electron chi connectivity index (χ4n) is 4.11. The molecule has 0 atom stereocenters. The molecule has 1 fully saturated rings. The number of para-hydroxylation sites is 1. The van der Waals surface area contributed by atoms with Crippen LogP contribution in [0.25, 0.3) is 0 Å². The Bertz CT molecular complexity index is 799. The highest BCUT2D eigenvalue weighted by Crippen LogP contribution is 2.34. The lowest BCUT2D eigenvalue weighted by Crippen LogP contribution is -2.42. The summed E-state index contributed by atoms with van der Waals surface area (Å²) in [6, 6.07) is 12.0.